The zero-order valence-electron chi connectivity index (χ0n) is 12.5. The lowest BCUT2D eigenvalue weighted by Gasteiger charge is -2.34. The molecule has 5 nitrogen and oxygen atoms in total. The quantitative estimate of drug-likeness (QED) is 0.667. The van der Waals surface area contributed by atoms with Gasteiger partial charge in [-0.1, -0.05) is 24.3 Å². The number of amidine groups is 1. The molecule has 0 amide bonds. The van der Waals surface area contributed by atoms with Crippen molar-refractivity contribution in [2.75, 3.05) is 6.67 Å². The van der Waals surface area contributed by atoms with Gasteiger partial charge in [-0.15, -0.1) is 5.10 Å². The maximum absolute atomic E-state index is 14.0. The van der Waals surface area contributed by atoms with Crippen molar-refractivity contribution < 1.29 is 27.2 Å². The molecule has 0 saturated carbocycles. The smallest absolute Gasteiger partial charge is 0.347 e. The van der Waals surface area contributed by atoms with Gasteiger partial charge in [-0.05, 0) is 12.1 Å². The Balaban J connectivity index is 2.06. The average molecular weight is 353 g/mol. The predicted molar refractivity (Wildman–Crippen MR) is 79.7 cm³/mol. The second-order valence-corrected chi connectivity index (χ2v) is 5.39. The highest BCUT2D eigenvalue weighted by molar-refractivity contribution is 6.27. The molecule has 1 atom stereocenters. The van der Waals surface area contributed by atoms with Gasteiger partial charge in [0.15, 0.2) is 23.3 Å². The Hall–Kier alpha value is -2.97. The first-order valence-corrected chi connectivity index (χ1v) is 7.12. The molecule has 25 heavy (non-hydrogen) atoms. The van der Waals surface area contributed by atoms with Crippen LogP contribution in [0.1, 0.15) is 5.56 Å². The van der Waals surface area contributed by atoms with E-state index in [4.69, 9.17) is 0 Å². The van der Waals surface area contributed by atoms with Crippen LogP contribution in [0.3, 0.4) is 0 Å². The van der Waals surface area contributed by atoms with Crippen molar-refractivity contribution in [2.45, 2.75) is 11.6 Å². The second kappa shape index (κ2) is 5.83. The molecule has 0 radical (unpaired) electrons. The van der Waals surface area contributed by atoms with Gasteiger partial charge in [0.25, 0.3) is 0 Å². The standard InChI is InChI=1S/C16H11F4N3O2/c17-12-4-2-1-3-11(12)15(16(18,19)20)6-5-10(7-13(15)25)23-9-21-14(8-24)22-23/h1-8H,9H2,(H,21,22). The molecule has 0 fully saturated rings. The van der Waals surface area contributed by atoms with Crippen molar-refractivity contribution in [3.05, 3.63) is 59.6 Å². The third-order valence-corrected chi connectivity index (χ3v) is 3.97. The molecule has 1 heterocycles. The zero-order valence-corrected chi connectivity index (χ0v) is 12.5. The van der Waals surface area contributed by atoms with Crippen LogP contribution in [0, 0.1) is 5.82 Å². The molecule has 1 aliphatic heterocycles. The first-order chi connectivity index (χ1) is 11.8. The molecule has 1 N–H and O–H groups in total. The maximum Gasteiger partial charge on any atom is 0.409 e. The SMILES string of the molecule is O=CC1=NN(C2=CC(=O)C(c3ccccc3F)(C(F)(F)F)C=C2)CN1. The Kier molecular flexibility index (Phi) is 3.94. The van der Waals surface area contributed by atoms with Crippen molar-refractivity contribution in [1.82, 2.24) is 10.3 Å². The third-order valence-electron chi connectivity index (χ3n) is 3.97. The highest BCUT2D eigenvalue weighted by Crippen LogP contribution is 2.46. The van der Waals surface area contributed by atoms with Gasteiger partial charge < -0.3 is 5.32 Å². The normalized spacial score (nSPS) is 23.2. The Morgan fingerprint density at radius 2 is 2.00 bits per heavy atom. The molecule has 130 valence electrons. The van der Waals surface area contributed by atoms with E-state index in [-0.39, 0.29) is 18.2 Å². The number of rotatable bonds is 3. The molecule has 3 rings (SSSR count). The fraction of sp³-hybridized carbons (Fsp3) is 0.188. The van der Waals surface area contributed by atoms with E-state index in [1.165, 1.54) is 17.1 Å². The van der Waals surface area contributed by atoms with Crippen LogP contribution < -0.4 is 5.32 Å². The minimum absolute atomic E-state index is 0.0106. The Morgan fingerprint density at radius 1 is 1.28 bits per heavy atom. The summed E-state index contributed by atoms with van der Waals surface area (Å²) in [6.45, 7) is 0.0241. The maximum atomic E-state index is 14.0. The number of carbonyl (C=O) groups is 2. The summed E-state index contributed by atoms with van der Waals surface area (Å²) in [5, 5.41) is 7.57. The molecule has 0 aromatic heterocycles. The van der Waals surface area contributed by atoms with Gasteiger partial charge in [-0.25, -0.2) is 9.40 Å². The number of carbonyl (C=O) groups excluding carboxylic acids is 2. The first-order valence-electron chi connectivity index (χ1n) is 7.12. The fourth-order valence-electron chi connectivity index (χ4n) is 2.71. The van der Waals surface area contributed by atoms with Gasteiger partial charge in [-0.3, -0.25) is 9.59 Å². The van der Waals surface area contributed by atoms with Gasteiger partial charge in [0, 0.05) is 11.6 Å². The summed E-state index contributed by atoms with van der Waals surface area (Å²) in [6.07, 6.45) is -2.18. The number of hydrogen-bond donors (Lipinski definition) is 1. The largest absolute Gasteiger partial charge is 0.409 e. The summed E-state index contributed by atoms with van der Waals surface area (Å²) in [5.74, 6) is -2.47. The van der Waals surface area contributed by atoms with Gasteiger partial charge in [0.1, 0.15) is 12.5 Å². The number of hydrogen-bond acceptors (Lipinski definition) is 5. The van der Waals surface area contributed by atoms with E-state index in [0.29, 0.717) is 12.4 Å². The van der Waals surface area contributed by atoms with Crippen molar-refractivity contribution in [2.24, 2.45) is 5.10 Å². The number of allylic oxidation sites excluding steroid dienone is 3. The summed E-state index contributed by atoms with van der Waals surface area (Å²) in [7, 11) is 0. The van der Waals surface area contributed by atoms with Gasteiger partial charge in [0.2, 0.25) is 0 Å². The number of halogens is 4. The van der Waals surface area contributed by atoms with E-state index in [0.717, 1.165) is 24.3 Å². The molecular formula is C16H11F4N3O2. The highest BCUT2D eigenvalue weighted by Gasteiger charge is 2.60. The predicted octanol–water partition coefficient (Wildman–Crippen LogP) is 2.02. The van der Waals surface area contributed by atoms with E-state index in [1.54, 1.807) is 0 Å². The number of nitrogens with one attached hydrogen (secondary N) is 1. The molecule has 0 bridgehead atoms. The highest BCUT2D eigenvalue weighted by atomic mass is 19.4. The molecule has 2 aliphatic rings. The number of alkyl halides is 3. The summed E-state index contributed by atoms with van der Waals surface area (Å²) in [5.41, 5.74) is -3.81. The Labute approximate surface area is 139 Å². The van der Waals surface area contributed by atoms with Crippen LogP contribution in [-0.4, -0.2) is 35.8 Å². The van der Waals surface area contributed by atoms with Crippen LogP contribution in [0.4, 0.5) is 17.6 Å². The lowest BCUT2D eigenvalue weighted by atomic mass is 9.73. The number of hydrazone groups is 1. The minimum Gasteiger partial charge on any atom is -0.347 e. The molecular weight excluding hydrogens is 342 g/mol. The topological polar surface area (TPSA) is 61.8 Å². The monoisotopic (exact) mass is 353 g/mol. The lowest BCUT2D eigenvalue weighted by Crippen LogP contribution is -2.49. The second-order valence-electron chi connectivity index (χ2n) is 5.39. The van der Waals surface area contributed by atoms with Gasteiger partial charge >= 0.3 is 6.18 Å². The number of ketones is 1. The van der Waals surface area contributed by atoms with Crippen LogP contribution in [-0.2, 0) is 15.0 Å². The van der Waals surface area contributed by atoms with Crippen LogP contribution in [0.25, 0.3) is 0 Å². The molecule has 0 spiro atoms. The number of benzene rings is 1. The summed E-state index contributed by atoms with van der Waals surface area (Å²) >= 11 is 0. The fourth-order valence-corrected chi connectivity index (χ4v) is 2.71. The summed E-state index contributed by atoms with van der Waals surface area (Å²) in [6, 6.07) is 4.28. The minimum atomic E-state index is -5.04. The Bertz CT molecular complexity index is 829. The van der Waals surface area contributed by atoms with Gasteiger partial charge in [-0.2, -0.15) is 13.2 Å². The van der Waals surface area contributed by atoms with E-state index in [2.05, 4.69) is 10.4 Å². The number of aldehydes is 1. The van der Waals surface area contributed by atoms with Crippen molar-refractivity contribution in [1.29, 1.82) is 0 Å². The Morgan fingerprint density at radius 3 is 2.56 bits per heavy atom. The molecule has 1 aliphatic carbocycles. The third kappa shape index (κ3) is 2.61. The summed E-state index contributed by atoms with van der Waals surface area (Å²) in [4.78, 5) is 23.1. The van der Waals surface area contributed by atoms with Crippen molar-refractivity contribution >= 4 is 17.9 Å². The van der Waals surface area contributed by atoms with Crippen molar-refractivity contribution in [3.63, 3.8) is 0 Å². The number of nitrogens with zero attached hydrogens (tertiary/aromatic N) is 2. The van der Waals surface area contributed by atoms with E-state index >= 15 is 0 Å². The van der Waals surface area contributed by atoms with Crippen LogP contribution in [0.5, 0.6) is 0 Å². The summed E-state index contributed by atoms with van der Waals surface area (Å²) < 4.78 is 55.3. The zero-order chi connectivity index (χ0) is 18.2. The molecule has 1 aromatic rings. The van der Waals surface area contributed by atoms with Crippen molar-refractivity contribution in [3.8, 4) is 0 Å². The molecule has 0 saturated heterocycles. The molecule has 1 unspecified atom stereocenters. The molecule has 9 heteroatoms. The first kappa shape index (κ1) is 16.9. The average Bonchev–Trinajstić information content (AvgIpc) is 3.03. The van der Waals surface area contributed by atoms with E-state index in [1.807, 2.05) is 0 Å². The van der Waals surface area contributed by atoms with E-state index < -0.39 is 28.8 Å². The lowest BCUT2D eigenvalue weighted by molar-refractivity contribution is -0.180. The van der Waals surface area contributed by atoms with Crippen LogP contribution >= 0.6 is 0 Å². The van der Waals surface area contributed by atoms with E-state index in [9.17, 15) is 27.2 Å². The van der Waals surface area contributed by atoms with Crippen LogP contribution in [0.2, 0.25) is 0 Å². The van der Waals surface area contributed by atoms with Crippen LogP contribution in [0.15, 0.2) is 53.3 Å². The molecule has 1 aromatic carbocycles. The van der Waals surface area contributed by atoms with Gasteiger partial charge in [0.05, 0.1) is 5.70 Å².